The SMILES string of the molecule is C=CCC.CCCCCO[SiH2]C(OC)(OC)C(C)OC. The van der Waals surface area contributed by atoms with E-state index < -0.39 is 15.2 Å². The molecular weight excluding hydrogens is 272 g/mol. The topological polar surface area (TPSA) is 36.9 Å². The molecule has 1 unspecified atom stereocenters. The van der Waals surface area contributed by atoms with Crippen molar-refractivity contribution in [2.24, 2.45) is 0 Å². The van der Waals surface area contributed by atoms with Crippen LogP contribution in [0, 0.1) is 0 Å². The molecule has 0 amide bonds. The van der Waals surface area contributed by atoms with Crippen molar-refractivity contribution in [1.82, 2.24) is 0 Å². The summed E-state index contributed by atoms with van der Waals surface area (Å²) in [6, 6.07) is 0. The first-order valence-corrected chi connectivity index (χ1v) is 8.68. The second kappa shape index (κ2) is 15.2. The van der Waals surface area contributed by atoms with E-state index in [0.29, 0.717) is 0 Å². The van der Waals surface area contributed by atoms with Gasteiger partial charge in [-0.15, -0.1) is 6.58 Å². The highest BCUT2D eigenvalue weighted by Crippen LogP contribution is 2.18. The monoisotopic (exact) mass is 306 g/mol. The summed E-state index contributed by atoms with van der Waals surface area (Å²) < 4.78 is 21.9. The van der Waals surface area contributed by atoms with Gasteiger partial charge in [0.25, 0.3) is 0 Å². The number of rotatable bonds is 11. The minimum Gasteiger partial charge on any atom is -0.418 e. The van der Waals surface area contributed by atoms with Crippen LogP contribution in [0.5, 0.6) is 0 Å². The highest BCUT2D eigenvalue weighted by atomic mass is 28.2. The molecule has 0 aliphatic rings. The van der Waals surface area contributed by atoms with Gasteiger partial charge in [-0.3, -0.25) is 0 Å². The summed E-state index contributed by atoms with van der Waals surface area (Å²) >= 11 is 0. The molecule has 0 spiro atoms. The molecule has 0 radical (unpaired) electrons. The Morgan fingerprint density at radius 1 is 1.15 bits per heavy atom. The van der Waals surface area contributed by atoms with Crippen LogP contribution in [0.3, 0.4) is 0 Å². The summed E-state index contributed by atoms with van der Waals surface area (Å²) in [5, 5.41) is 0. The summed E-state index contributed by atoms with van der Waals surface area (Å²) in [6.45, 7) is 10.5. The summed E-state index contributed by atoms with van der Waals surface area (Å²) in [6.07, 6.45) is 6.37. The second-order valence-electron chi connectivity index (χ2n) is 4.55. The van der Waals surface area contributed by atoms with Gasteiger partial charge in [-0.1, -0.05) is 32.8 Å². The maximum atomic E-state index is 5.71. The number of hydrogen-bond acceptors (Lipinski definition) is 4. The van der Waals surface area contributed by atoms with Crippen molar-refractivity contribution in [1.29, 1.82) is 0 Å². The maximum absolute atomic E-state index is 5.71. The number of unbranched alkanes of at least 4 members (excludes halogenated alkanes) is 2. The van der Waals surface area contributed by atoms with Crippen molar-refractivity contribution in [3.8, 4) is 0 Å². The van der Waals surface area contributed by atoms with Crippen LogP contribution in [0.4, 0.5) is 0 Å². The minimum atomic E-state index is -0.937. The molecule has 0 aliphatic heterocycles. The molecule has 0 saturated carbocycles. The lowest BCUT2D eigenvalue weighted by molar-refractivity contribution is -0.211. The Bertz CT molecular complexity index is 208. The van der Waals surface area contributed by atoms with Gasteiger partial charge in [-0.05, 0) is 19.8 Å². The Morgan fingerprint density at radius 2 is 1.70 bits per heavy atom. The molecule has 0 saturated heterocycles. The van der Waals surface area contributed by atoms with Gasteiger partial charge in [0.05, 0.1) is 0 Å². The smallest absolute Gasteiger partial charge is 0.231 e. The van der Waals surface area contributed by atoms with Crippen molar-refractivity contribution < 1.29 is 18.6 Å². The highest BCUT2D eigenvalue weighted by molar-refractivity contribution is 6.31. The molecule has 0 aromatic rings. The zero-order valence-electron chi connectivity index (χ0n) is 14.2. The van der Waals surface area contributed by atoms with Gasteiger partial charge in [-0.2, -0.15) is 0 Å². The fourth-order valence-electron chi connectivity index (χ4n) is 1.50. The van der Waals surface area contributed by atoms with E-state index in [4.69, 9.17) is 18.6 Å². The van der Waals surface area contributed by atoms with Gasteiger partial charge in [-0.25, -0.2) is 0 Å². The quantitative estimate of drug-likeness (QED) is 0.255. The van der Waals surface area contributed by atoms with Crippen LogP contribution in [0.1, 0.15) is 46.5 Å². The normalized spacial score (nSPS) is 13.1. The molecule has 20 heavy (non-hydrogen) atoms. The lowest BCUT2D eigenvalue weighted by atomic mass is 10.3. The Morgan fingerprint density at radius 3 is 2.05 bits per heavy atom. The summed E-state index contributed by atoms with van der Waals surface area (Å²) in [5.74, 6) is 0. The first-order valence-electron chi connectivity index (χ1n) is 7.40. The van der Waals surface area contributed by atoms with Crippen molar-refractivity contribution in [2.45, 2.75) is 58.0 Å². The van der Waals surface area contributed by atoms with Crippen LogP contribution >= 0.6 is 0 Å². The van der Waals surface area contributed by atoms with E-state index in [2.05, 4.69) is 20.4 Å². The van der Waals surface area contributed by atoms with Gasteiger partial charge in [0, 0.05) is 27.9 Å². The standard InChI is InChI=1S/C11H26O4Si.C4H8/c1-6-7-8-9-15-16-11(13-4,14-5)10(2)12-3;1-3-4-2/h10H,6-9,16H2,1-5H3;3H,1,4H2,2H3. The largest absolute Gasteiger partial charge is 0.418 e. The third kappa shape index (κ3) is 9.66. The van der Waals surface area contributed by atoms with Gasteiger partial charge in [0.1, 0.15) is 6.10 Å². The van der Waals surface area contributed by atoms with Gasteiger partial charge in [0.15, 0.2) is 5.41 Å². The van der Waals surface area contributed by atoms with Crippen molar-refractivity contribution >= 4 is 9.76 Å². The molecule has 0 N–H and O–H groups in total. The minimum absolute atomic E-state index is 0.111. The summed E-state index contributed by atoms with van der Waals surface area (Å²) in [7, 11) is 4.00. The first-order chi connectivity index (χ1) is 9.58. The molecule has 5 heteroatoms. The molecule has 0 aromatic heterocycles. The Labute approximate surface area is 127 Å². The van der Waals surface area contributed by atoms with Crippen molar-refractivity contribution in [3.63, 3.8) is 0 Å². The highest BCUT2D eigenvalue weighted by Gasteiger charge is 2.37. The van der Waals surface area contributed by atoms with Gasteiger partial charge < -0.3 is 18.6 Å². The van der Waals surface area contributed by atoms with E-state index in [1.165, 1.54) is 12.8 Å². The Kier molecular flexibility index (Phi) is 16.8. The summed E-state index contributed by atoms with van der Waals surface area (Å²) in [5.41, 5.74) is -0.666. The zero-order chi connectivity index (χ0) is 15.9. The lowest BCUT2D eigenvalue weighted by Gasteiger charge is -2.34. The molecule has 0 fully saturated rings. The van der Waals surface area contributed by atoms with Crippen molar-refractivity contribution in [2.75, 3.05) is 27.9 Å². The average Bonchev–Trinajstić information content (AvgIpc) is 2.51. The maximum Gasteiger partial charge on any atom is 0.231 e. The van der Waals surface area contributed by atoms with E-state index in [-0.39, 0.29) is 6.10 Å². The molecule has 0 heterocycles. The van der Waals surface area contributed by atoms with E-state index >= 15 is 0 Å². The molecule has 4 nitrogen and oxygen atoms in total. The van der Waals surface area contributed by atoms with Crippen molar-refractivity contribution in [3.05, 3.63) is 12.7 Å². The average molecular weight is 307 g/mol. The number of allylic oxidation sites excluding steroid dienone is 1. The fraction of sp³-hybridized carbons (Fsp3) is 0.867. The second-order valence-corrected chi connectivity index (χ2v) is 6.24. The van der Waals surface area contributed by atoms with E-state index in [1.807, 2.05) is 13.0 Å². The summed E-state index contributed by atoms with van der Waals surface area (Å²) in [4.78, 5) is 0. The van der Waals surface area contributed by atoms with E-state index in [0.717, 1.165) is 19.4 Å². The first kappa shape index (κ1) is 22.1. The number of hydrogen-bond donors (Lipinski definition) is 0. The molecule has 0 bridgehead atoms. The van der Waals surface area contributed by atoms with Crippen LogP contribution < -0.4 is 0 Å². The van der Waals surface area contributed by atoms with Crippen LogP contribution in [0.15, 0.2) is 12.7 Å². The van der Waals surface area contributed by atoms with Gasteiger partial charge >= 0.3 is 0 Å². The predicted octanol–water partition coefficient (Wildman–Crippen LogP) is 2.84. The third-order valence-electron chi connectivity index (χ3n) is 3.15. The predicted molar refractivity (Wildman–Crippen MR) is 87.7 cm³/mol. The Balaban J connectivity index is 0. The Hall–Kier alpha value is -0.203. The molecule has 0 aliphatic carbocycles. The molecule has 0 aromatic carbocycles. The number of methoxy groups -OCH3 is 3. The van der Waals surface area contributed by atoms with Crippen LogP contribution in [0.2, 0.25) is 0 Å². The molecular formula is C15H34O4Si. The molecule has 0 rings (SSSR count). The molecule has 122 valence electrons. The van der Waals surface area contributed by atoms with Crippen LogP contribution in [-0.4, -0.2) is 49.2 Å². The van der Waals surface area contributed by atoms with Crippen LogP contribution in [0.25, 0.3) is 0 Å². The zero-order valence-corrected chi connectivity index (χ0v) is 15.7. The molecule has 1 atom stereocenters. The van der Waals surface area contributed by atoms with E-state index in [1.54, 1.807) is 21.3 Å². The lowest BCUT2D eigenvalue weighted by Crippen LogP contribution is -2.51. The van der Waals surface area contributed by atoms with Crippen LogP contribution in [-0.2, 0) is 18.6 Å². The van der Waals surface area contributed by atoms with Gasteiger partial charge in [0.2, 0.25) is 9.76 Å². The number of ether oxygens (including phenoxy) is 3. The third-order valence-corrected chi connectivity index (χ3v) is 5.20. The van der Waals surface area contributed by atoms with E-state index in [9.17, 15) is 0 Å². The fourth-order valence-corrected chi connectivity index (χ4v) is 2.77.